The van der Waals surface area contributed by atoms with Crippen LogP contribution in [-0.4, -0.2) is 57.4 Å². The summed E-state index contributed by atoms with van der Waals surface area (Å²) in [5, 5.41) is 19.5. The van der Waals surface area contributed by atoms with Crippen LogP contribution in [0.15, 0.2) is 33.5 Å². The number of unbranched alkanes of at least 4 members (excludes halogenated alkanes) is 28. The number of aromatic nitrogens is 4. The summed E-state index contributed by atoms with van der Waals surface area (Å²) in [4.78, 5) is 15.3. The normalized spacial score (nSPS) is 14.6. The Balaban J connectivity index is 1.33. The monoisotopic (exact) mass is 1230 g/mol. The molecule has 0 saturated heterocycles. The van der Waals surface area contributed by atoms with Gasteiger partial charge in [-0.15, -0.1) is 0 Å². The fourth-order valence-electron chi connectivity index (χ4n) is 14.0. The Labute approximate surface area is 460 Å². The second kappa shape index (κ2) is 28.8. The fourth-order valence-corrected chi connectivity index (χ4v) is 22.3. The van der Waals surface area contributed by atoms with E-state index in [1.807, 2.05) is 0 Å². The summed E-state index contributed by atoms with van der Waals surface area (Å²) in [6, 6.07) is 10.9. The van der Waals surface area contributed by atoms with Crippen LogP contribution in [0.2, 0.25) is 29.6 Å². The minimum atomic E-state index is -2.76. The van der Waals surface area contributed by atoms with E-state index >= 15 is 0 Å². The second-order valence-electron chi connectivity index (χ2n) is 26.1. The van der Waals surface area contributed by atoms with E-state index in [9.17, 15) is 0 Å². The molecular formula is C66H106N4O2Sn2. The van der Waals surface area contributed by atoms with E-state index in [4.69, 9.17) is 29.9 Å². The van der Waals surface area contributed by atoms with Gasteiger partial charge in [0, 0.05) is 0 Å². The maximum absolute atomic E-state index is 5.90. The molecule has 0 spiro atoms. The van der Waals surface area contributed by atoms with Gasteiger partial charge in [0.15, 0.2) is 0 Å². The van der Waals surface area contributed by atoms with E-state index in [2.05, 4.69) is 81.6 Å². The van der Waals surface area contributed by atoms with Gasteiger partial charge in [0.05, 0.1) is 0 Å². The third-order valence-corrected chi connectivity index (χ3v) is 29.7. The Kier molecular flexibility index (Phi) is 23.2. The van der Waals surface area contributed by atoms with Gasteiger partial charge in [0.25, 0.3) is 0 Å². The fraction of sp³-hybridized carbons (Fsp3) is 0.727. The Morgan fingerprint density at radius 2 is 0.554 bits per heavy atom. The molecular weight excluding hydrogens is 1120 g/mol. The average Bonchev–Trinajstić information content (AvgIpc) is 4.17. The molecule has 0 unspecified atom stereocenters. The van der Waals surface area contributed by atoms with Crippen molar-refractivity contribution >= 4 is 66.0 Å². The molecule has 2 aliphatic carbocycles. The molecule has 7 rings (SSSR count). The standard InChI is InChI=1S/C60H88N4O2.6CH3.2Sn/c1-5-9-13-17-19-21-23-25-27-29-31-35-43-60(44-36-32-30-28-26-24-22-20-18-14-10-6-2)50-38-40-54-58(64-66-62-54)56(50)48-45-51-47(46-52(48)60)55-49(37-39-53-57(55)63-65-61-53)59(51,41-33-15-11-7-3)42-34-16-12-8-4;;;;;;;;/h37-38,45-46H,5-36,41-44H2,1-4H3;6*1H3;;. The van der Waals surface area contributed by atoms with Gasteiger partial charge in [-0.05, 0) is 0 Å². The first-order valence-electron chi connectivity index (χ1n) is 31.7. The molecule has 2 aliphatic rings. The molecule has 5 aromatic rings. The van der Waals surface area contributed by atoms with Crippen molar-refractivity contribution in [2.45, 2.75) is 299 Å². The Morgan fingerprint density at radius 3 is 0.824 bits per heavy atom. The van der Waals surface area contributed by atoms with Crippen LogP contribution in [0.5, 0.6) is 0 Å². The van der Waals surface area contributed by atoms with Gasteiger partial charge < -0.3 is 0 Å². The molecule has 0 saturated carbocycles. The summed E-state index contributed by atoms with van der Waals surface area (Å²) in [5.41, 5.74) is 15.6. The van der Waals surface area contributed by atoms with Crippen LogP contribution in [0.4, 0.5) is 0 Å². The van der Waals surface area contributed by atoms with Crippen molar-refractivity contribution < 1.29 is 9.26 Å². The van der Waals surface area contributed by atoms with Crippen LogP contribution in [-0.2, 0) is 10.8 Å². The van der Waals surface area contributed by atoms with E-state index in [0.717, 1.165) is 22.1 Å². The van der Waals surface area contributed by atoms with E-state index in [1.165, 1.54) is 272 Å². The van der Waals surface area contributed by atoms with Gasteiger partial charge in [-0.2, -0.15) is 0 Å². The Morgan fingerprint density at radius 1 is 0.311 bits per heavy atom. The van der Waals surface area contributed by atoms with Gasteiger partial charge in [0.1, 0.15) is 0 Å². The Bertz CT molecular complexity index is 2450. The topological polar surface area (TPSA) is 77.8 Å². The molecule has 0 N–H and O–H groups in total. The van der Waals surface area contributed by atoms with Crippen molar-refractivity contribution in [1.82, 2.24) is 20.6 Å². The third-order valence-electron chi connectivity index (χ3n) is 18.3. The third kappa shape index (κ3) is 14.1. The molecule has 0 bridgehead atoms. The van der Waals surface area contributed by atoms with Crippen LogP contribution in [0.25, 0.3) is 44.3 Å². The average molecular weight is 1230 g/mol. The van der Waals surface area contributed by atoms with E-state index in [-0.39, 0.29) is 10.8 Å². The first-order chi connectivity index (χ1) is 35.9. The molecule has 8 heteroatoms. The number of hydrogen-bond acceptors (Lipinski definition) is 6. The SMILES string of the molecule is CCCCCCCCCCCCCCC1(CCCCCCCCCCCCCC)c2cc3c(cc2-c2c1c[c]([Sn]([CH3])([CH3])[CH3])c1nonc21)C(CCCCCC)(CCCCCC)c1c[c]([Sn]([CH3])([CH3])[CH3])c2nonc2c1-3. The zero-order chi connectivity index (χ0) is 52.6. The second-order valence-corrected chi connectivity index (χ2v) is 54.9. The van der Waals surface area contributed by atoms with Crippen LogP contribution >= 0.6 is 0 Å². The summed E-state index contributed by atoms with van der Waals surface area (Å²) in [5.74, 6) is 0. The van der Waals surface area contributed by atoms with E-state index in [0.29, 0.717) is 0 Å². The number of rotatable bonds is 38. The van der Waals surface area contributed by atoms with Crippen LogP contribution in [0, 0.1) is 0 Å². The zero-order valence-corrected chi connectivity index (χ0v) is 55.1. The van der Waals surface area contributed by atoms with Gasteiger partial charge in [-0.1, -0.05) is 78.1 Å². The summed E-state index contributed by atoms with van der Waals surface area (Å²) < 4.78 is 14.7. The van der Waals surface area contributed by atoms with Crippen molar-refractivity contribution in [1.29, 1.82) is 0 Å². The van der Waals surface area contributed by atoms with Gasteiger partial charge >= 0.3 is 386 Å². The number of nitrogens with zero attached hydrogens (tertiary/aromatic N) is 4. The predicted octanol–water partition coefficient (Wildman–Crippen LogP) is 20.5. The van der Waals surface area contributed by atoms with Crippen LogP contribution in [0.3, 0.4) is 0 Å². The molecule has 0 aliphatic heterocycles. The number of benzene rings is 3. The first kappa shape index (κ1) is 59.7. The Hall–Kier alpha value is -1.94. The first-order valence-corrected chi connectivity index (χ1v) is 51.7. The molecule has 2 heterocycles. The quantitative estimate of drug-likeness (QED) is 0.0289. The maximum atomic E-state index is 5.90. The molecule has 0 radical (unpaired) electrons. The van der Waals surface area contributed by atoms with Crippen LogP contribution < -0.4 is 7.16 Å². The van der Waals surface area contributed by atoms with Crippen molar-refractivity contribution in [3.8, 4) is 22.3 Å². The molecule has 3 aromatic carbocycles. The van der Waals surface area contributed by atoms with Gasteiger partial charge in [0.2, 0.25) is 0 Å². The summed E-state index contributed by atoms with van der Waals surface area (Å²) in [6.07, 6.45) is 47.7. The molecule has 0 amide bonds. The molecule has 0 atom stereocenters. The molecule has 74 heavy (non-hydrogen) atoms. The van der Waals surface area contributed by atoms with Crippen molar-refractivity contribution in [2.24, 2.45) is 0 Å². The minimum absolute atomic E-state index is 0.0976. The van der Waals surface area contributed by atoms with E-state index in [1.54, 1.807) is 11.1 Å². The van der Waals surface area contributed by atoms with Crippen LogP contribution in [0.1, 0.15) is 281 Å². The van der Waals surface area contributed by atoms with Crippen molar-refractivity contribution in [3.63, 3.8) is 0 Å². The van der Waals surface area contributed by atoms with Crippen molar-refractivity contribution in [3.05, 3.63) is 46.5 Å². The number of hydrogen-bond donors (Lipinski definition) is 0. The number of fused-ring (bicyclic) bond motifs is 10. The van der Waals surface area contributed by atoms with Gasteiger partial charge in [-0.3, -0.25) is 0 Å². The summed E-state index contributed by atoms with van der Waals surface area (Å²) >= 11 is -5.50. The molecule has 6 nitrogen and oxygen atoms in total. The van der Waals surface area contributed by atoms with E-state index < -0.39 is 36.8 Å². The zero-order valence-electron chi connectivity index (χ0n) is 49.4. The van der Waals surface area contributed by atoms with Gasteiger partial charge in [-0.25, -0.2) is 0 Å². The molecule has 0 fully saturated rings. The predicted molar refractivity (Wildman–Crippen MR) is 324 cm³/mol. The molecule has 2 aromatic heterocycles. The summed E-state index contributed by atoms with van der Waals surface area (Å²) in [6.45, 7) is 9.35. The summed E-state index contributed by atoms with van der Waals surface area (Å²) in [7, 11) is 0. The van der Waals surface area contributed by atoms with Crippen molar-refractivity contribution in [2.75, 3.05) is 0 Å². The molecule has 410 valence electrons.